The molecule has 0 saturated carbocycles. The fraction of sp³-hybridized carbons (Fsp3) is 0.300. The Balaban J connectivity index is 1.23. The van der Waals surface area contributed by atoms with Crippen molar-refractivity contribution in [1.29, 1.82) is 5.26 Å². The summed E-state index contributed by atoms with van der Waals surface area (Å²) in [7, 11) is 0. The highest BCUT2D eigenvalue weighted by atomic mass is 19.4. The molecule has 0 unspecified atom stereocenters. The van der Waals surface area contributed by atoms with E-state index in [9.17, 15) is 27.2 Å². The lowest BCUT2D eigenvalue weighted by Crippen LogP contribution is -2.27. The van der Waals surface area contributed by atoms with E-state index in [2.05, 4.69) is 36.2 Å². The van der Waals surface area contributed by atoms with E-state index in [-0.39, 0.29) is 23.5 Å². The number of pyridine rings is 1. The molecule has 3 aromatic rings. The number of hydrogen-bond acceptors (Lipinski definition) is 5. The number of aryl methyl sites for hydroxylation is 1. The zero-order valence-electron chi connectivity index (χ0n) is 24.0. The molecule has 44 heavy (non-hydrogen) atoms. The number of anilines is 2. The molecule has 0 saturated heterocycles. The molecule has 1 aliphatic rings. The normalized spacial score (nSPS) is 13.8. The summed E-state index contributed by atoms with van der Waals surface area (Å²) >= 11 is 0. The van der Waals surface area contributed by atoms with Crippen LogP contribution in [-0.4, -0.2) is 40.8 Å². The number of nitriles is 1. The molecule has 0 aliphatic carbocycles. The molecular formula is C30H30F4N8O2. The van der Waals surface area contributed by atoms with Gasteiger partial charge >= 0.3 is 6.18 Å². The molecule has 1 aliphatic heterocycles. The smallest absolute Gasteiger partial charge is 0.358 e. The Morgan fingerprint density at radius 2 is 1.91 bits per heavy atom. The molecule has 0 spiro atoms. The second-order valence-corrected chi connectivity index (χ2v) is 10.1. The zero-order chi connectivity index (χ0) is 31.9. The lowest BCUT2D eigenvalue weighted by atomic mass is 10.0. The Labute approximate surface area is 250 Å². The number of guanidine groups is 1. The monoisotopic (exact) mass is 610 g/mol. The molecule has 0 atom stereocenters. The van der Waals surface area contributed by atoms with E-state index in [1.165, 1.54) is 24.3 Å². The number of aliphatic imine (C=N–C) groups is 1. The van der Waals surface area contributed by atoms with E-state index >= 15 is 0 Å². The predicted molar refractivity (Wildman–Crippen MR) is 158 cm³/mol. The molecule has 2 amide bonds. The van der Waals surface area contributed by atoms with Crippen molar-refractivity contribution in [1.82, 2.24) is 20.6 Å². The number of benzene rings is 1. The Morgan fingerprint density at radius 3 is 2.61 bits per heavy atom. The van der Waals surface area contributed by atoms with Crippen LogP contribution in [0.2, 0.25) is 0 Å². The van der Waals surface area contributed by atoms with Crippen molar-refractivity contribution in [3.8, 4) is 6.19 Å². The Morgan fingerprint density at radius 1 is 1.14 bits per heavy atom. The SMILES string of the molecule is Cc1[nH]c(/C=C2\C(=O)Nc3ccc(F)cc32)c(C)c1C(=O)NCCCCCCN=C(NC#N)Nc1ccc(C(F)(F)F)nc1. The number of carbonyl (C=O) groups excluding carboxylic acids is 2. The second kappa shape index (κ2) is 13.9. The number of carbonyl (C=O) groups is 2. The summed E-state index contributed by atoms with van der Waals surface area (Å²) in [6.45, 7) is 4.36. The van der Waals surface area contributed by atoms with Crippen molar-refractivity contribution in [2.24, 2.45) is 4.99 Å². The van der Waals surface area contributed by atoms with Crippen LogP contribution in [0.25, 0.3) is 11.6 Å². The largest absolute Gasteiger partial charge is 0.433 e. The van der Waals surface area contributed by atoms with Gasteiger partial charge in [-0.05, 0) is 68.7 Å². The first-order valence-corrected chi connectivity index (χ1v) is 13.8. The molecule has 5 N–H and O–H groups in total. The van der Waals surface area contributed by atoms with Gasteiger partial charge in [-0.1, -0.05) is 12.8 Å². The molecule has 0 bridgehead atoms. The van der Waals surface area contributed by atoms with Crippen molar-refractivity contribution >= 4 is 40.8 Å². The Hall–Kier alpha value is -5.19. The van der Waals surface area contributed by atoms with Crippen molar-refractivity contribution in [3.63, 3.8) is 0 Å². The molecule has 2 aromatic heterocycles. The number of fused-ring (bicyclic) bond motifs is 1. The van der Waals surface area contributed by atoms with E-state index < -0.39 is 17.7 Å². The van der Waals surface area contributed by atoms with Crippen LogP contribution in [0.3, 0.4) is 0 Å². The van der Waals surface area contributed by atoms with E-state index in [4.69, 9.17) is 5.26 Å². The number of aromatic amines is 1. The average molecular weight is 611 g/mol. The number of unbranched alkanes of at least 4 members (excludes halogenated alkanes) is 3. The zero-order valence-corrected chi connectivity index (χ0v) is 24.0. The minimum Gasteiger partial charge on any atom is -0.358 e. The third kappa shape index (κ3) is 7.80. The molecule has 230 valence electrons. The number of nitrogens with zero attached hydrogens (tertiary/aromatic N) is 3. The molecule has 0 fully saturated rings. The maximum atomic E-state index is 13.8. The van der Waals surface area contributed by atoms with Crippen LogP contribution < -0.4 is 21.3 Å². The lowest BCUT2D eigenvalue weighted by Gasteiger charge is -2.10. The Kier molecular flexibility index (Phi) is 9.99. The number of H-pyrrole nitrogens is 1. The van der Waals surface area contributed by atoms with Gasteiger partial charge in [0.1, 0.15) is 11.5 Å². The van der Waals surface area contributed by atoms with Gasteiger partial charge in [0.15, 0.2) is 6.19 Å². The minimum absolute atomic E-state index is 0.0958. The maximum absolute atomic E-state index is 13.8. The van der Waals surface area contributed by atoms with Crippen molar-refractivity contribution in [2.45, 2.75) is 45.7 Å². The fourth-order valence-electron chi connectivity index (χ4n) is 4.71. The van der Waals surface area contributed by atoms with E-state index in [0.717, 1.165) is 31.5 Å². The van der Waals surface area contributed by atoms with Crippen LogP contribution in [-0.2, 0) is 11.0 Å². The number of aromatic nitrogens is 2. The molecule has 10 nitrogen and oxygen atoms in total. The predicted octanol–water partition coefficient (Wildman–Crippen LogP) is 5.51. The van der Waals surface area contributed by atoms with Gasteiger partial charge in [0.2, 0.25) is 5.96 Å². The minimum atomic E-state index is -4.54. The van der Waals surface area contributed by atoms with Crippen LogP contribution in [0.5, 0.6) is 0 Å². The van der Waals surface area contributed by atoms with Crippen molar-refractivity contribution < 1.29 is 27.2 Å². The first-order valence-electron chi connectivity index (χ1n) is 13.8. The summed E-state index contributed by atoms with van der Waals surface area (Å²) in [4.78, 5) is 36.2. The van der Waals surface area contributed by atoms with Gasteiger partial charge in [0.05, 0.1) is 23.0 Å². The molecule has 1 aromatic carbocycles. The van der Waals surface area contributed by atoms with Gasteiger partial charge in [-0.2, -0.15) is 18.4 Å². The summed E-state index contributed by atoms with van der Waals surface area (Å²) < 4.78 is 51.8. The molecule has 14 heteroatoms. The number of alkyl halides is 3. The summed E-state index contributed by atoms with van der Waals surface area (Å²) in [6.07, 6.45) is 2.83. The summed E-state index contributed by atoms with van der Waals surface area (Å²) in [5, 5.41) is 19.7. The lowest BCUT2D eigenvalue weighted by molar-refractivity contribution is -0.141. The van der Waals surface area contributed by atoms with E-state index in [0.29, 0.717) is 58.8 Å². The number of amides is 2. The molecular weight excluding hydrogens is 580 g/mol. The van der Waals surface area contributed by atoms with Gasteiger partial charge in [0.25, 0.3) is 11.8 Å². The van der Waals surface area contributed by atoms with Crippen molar-refractivity contribution in [2.75, 3.05) is 23.7 Å². The first-order chi connectivity index (χ1) is 21.0. The standard InChI is InChI=1S/C30H30F4N8O2/c1-17-24(14-22-21-13-19(31)7-9-23(21)42-27(22)43)40-18(2)26(17)28(44)36-11-5-3-4-6-12-37-29(39-16-35)41-20-8-10-25(38-15-20)30(32,33)34/h7-10,13-15,40H,3-6,11-12H2,1-2H3,(H,36,44)(H,42,43)(H2,37,39,41)/b22-14-. The highest BCUT2D eigenvalue weighted by Gasteiger charge is 2.32. The van der Waals surface area contributed by atoms with Gasteiger partial charge in [-0.15, -0.1) is 0 Å². The van der Waals surface area contributed by atoms with E-state index in [1.807, 2.05) is 0 Å². The van der Waals surface area contributed by atoms with Crippen LogP contribution >= 0.6 is 0 Å². The molecule has 4 rings (SSSR count). The van der Waals surface area contributed by atoms with Gasteiger partial charge in [0, 0.05) is 35.7 Å². The quantitative estimate of drug-likeness (QED) is 0.0389. The topological polar surface area (TPSA) is 147 Å². The number of halogens is 4. The van der Waals surface area contributed by atoms with Gasteiger partial charge in [-0.25, -0.2) is 9.37 Å². The number of rotatable bonds is 10. The van der Waals surface area contributed by atoms with Crippen LogP contribution in [0.15, 0.2) is 41.5 Å². The van der Waals surface area contributed by atoms with Gasteiger partial charge in [-0.3, -0.25) is 19.9 Å². The number of hydrogen-bond donors (Lipinski definition) is 5. The third-order valence-electron chi connectivity index (χ3n) is 6.89. The number of nitrogens with one attached hydrogen (secondary N) is 5. The van der Waals surface area contributed by atoms with E-state index in [1.54, 1.807) is 26.1 Å². The summed E-state index contributed by atoms with van der Waals surface area (Å²) in [5.74, 6) is -0.952. The van der Waals surface area contributed by atoms with Crippen LogP contribution in [0.4, 0.5) is 28.9 Å². The average Bonchev–Trinajstić information content (AvgIpc) is 3.43. The maximum Gasteiger partial charge on any atom is 0.433 e. The highest BCUT2D eigenvalue weighted by Crippen LogP contribution is 2.34. The highest BCUT2D eigenvalue weighted by molar-refractivity contribution is 6.34. The second-order valence-electron chi connectivity index (χ2n) is 10.1. The van der Waals surface area contributed by atoms with Crippen LogP contribution in [0, 0.1) is 31.1 Å². The summed E-state index contributed by atoms with van der Waals surface area (Å²) in [6, 6.07) is 6.11. The molecule has 0 radical (unpaired) electrons. The third-order valence-corrected chi connectivity index (χ3v) is 6.89. The van der Waals surface area contributed by atoms with Crippen LogP contribution in [0.1, 0.15) is 64.2 Å². The van der Waals surface area contributed by atoms with Gasteiger partial charge < -0.3 is 20.9 Å². The fourth-order valence-corrected chi connectivity index (χ4v) is 4.71. The first kappa shape index (κ1) is 31.7. The summed E-state index contributed by atoms with van der Waals surface area (Å²) in [5.41, 5.74) is 2.91. The van der Waals surface area contributed by atoms with Crippen molar-refractivity contribution in [3.05, 3.63) is 76.1 Å². The molecule has 3 heterocycles. The Bertz CT molecular complexity index is 1640.